The van der Waals surface area contributed by atoms with E-state index in [0.717, 1.165) is 4.90 Å². The Morgan fingerprint density at radius 1 is 1.13 bits per heavy atom. The Kier molecular flexibility index (Phi) is 5.91. The SMILES string of the molecule is CC(C)(C)C(=O)Nc1cccc(NC(=O)CN2C(=O)COc3ccc([N+](=O)[O-])cc32)c1. The van der Waals surface area contributed by atoms with Gasteiger partial charge in [0.05, 0.1) is 10.6 Å². The highest BCUT2D eigenvalue weighted by Gasteiger charge is 2.29. The average molecular weight is 426 g/mol. The van der Waals surface area contributed by atoms with Crippen LogP contribution in [0.25, 0.3) is 0 Å². The van der Waals surface area contributed by atoms with Crippen molar-refractivity contribution in [2.24, 2.45) is 5.41 Å². The van der Waals surface area contributed by atoms with Gasteiger partial charge in [0.25, 0.3) is 11.6 Å². The summed E-state index contributed by atoms with van der Waals surface area (Å²) in [7, 11) is 0. The molecule has 2 N–H and O–H groups in total. The maximum atomic E-state index is 12.6. The second kappa shape index (κ2) is 8.42. The second-order valence-electron chi connectivity index (χ2n) is 8.01. The number of benzene rings is 2. The van der Waals surface area contributed by atoms with E-state index in [1.165, 1.54) is 18.2 Å². The molecule has 0 bridgehead atoms. The fourth-order valence-electron chi connectivity index (χ4n) is 2.81. The molecule has 10 nitrogen and oxygen atoms in total. The molecule has 2 aromatic rings. The minimum absolute atomic E-state index is 0.159. The highest BCUT2D eigenvalue weighted by atomic mass is 16.6. The Balaban J connectivity index is 1.74. The Labute approximate surface area is 178 Å². The molecule has 0 unspecified atom stereocenters. The normalized spacial score (nSPS) is 13.1. The van der Waals surface area contributed by atoms with E-state index in [1.54, 1.807) is 45.0 Å². The van der Waals surface area contributed by atoms with Gasteiger partial charge in [-0.3, -0.25) is 29.4 Å². The van der Waals surface area contributed by atoms with Gasteiger partial charge in [0.15, 0.2) is 6.61 Å². The Morgan fingerprint density at radius 3 is 2.45 bits per heavy atom. The van der Waals surface area contributed by atoms with Gasteiger partial charge in [-0.2, -0.15) is 0 Å². The molecule has 3 amide bonds. The largest absolute Gasteiger partial charge is 0.482 e. The lowest BCUT2D eigenvalue weighted by Gasteiger charge is -2.28. The molecule has 0 aliphatic carbocycles. The summed E-state index contributed by atoms with van der Waals surface area (Å²) in [6, 6.07) is 10.5. The van der Waals surface area contributed by atoms with Crippen molar-refractivity contribution in [3.63, 3.8) is 0 Å². The van der Waals surface area contributed by atoms with Crippen molar-refractivity contribution < 1.29 is 24.0 Å². The number of hydrogen-bond donors (Lipinski definition) is 2. The maximum Gasteiger partial charge on any atom is 0.271 e. The number of non-ortho nitro benzene ring substituents is 1. The molecule has 10 heteroatoms. The highest BCUT2D eigenvalue weighted by molar-refractivity contribution is 6.05. The van der Waals surface area contributed by atoms with E-state index in [-0.39, 0.29) is 36.2 Å². The molecule has 31 heavy (non-hydrogen) atoms. The number of ether oxygens (including phenoxy) is 1. The monoisotopic (exact) mass is 426 g/mol. The van der Waals surface area contributed by atoms with Crippen LogP contribution in [0.1, 0.15) is 20.8 Å². The predicted molar refractivity (Wildman–Crippen MR) is 114 cm³/mol. The van der Waals surface area contributed by atoms with Crippen LogP contribution in [0.3, 0.4) is 0 Å². The van der Waals surface area contributed by atoms with Gasteiger partial charge >= 0.3 is 0 Å². The van der Waals surface area contributed by atoms with Gasteiger partial charge in [0, 0.05) is 28.9 Å². The number of carbonyl (C=O) groups is 3. The van der Waals surface area contributed by atoms with E-state index in [1.807, 2.05) is 0 Å². The molecule has 1 heterocycles. The number of nitro groups is 1. The van der Waals surface area contributed by atoms with Crippen LogP contribution < -0.4 is 20.3 Å². The van der Waals surface area contributed by atoms with E-state index >= 15 is 0 Å². The third-order valence-electron chi connectivity index (χ3n) is 4.48. The van der Waals surface area contributed by atoms with Crippen molar-refractivity contribution in [3.8, 4) is 5.75 Å². The van der Waals surface area contributed by atoms with E-state index in [4.69, 9.17) is 4.74 Å². The molecule has 0 saturated heterocycles. The summed E-state index contributed by atoms with van der Waals surface area (Å²) in [5, 5.41) is 16.5. The van der Waals surface area contributed by atoms with Crippen LogP contribution in [0.4, 0.5) is 22.7 Å². The molecular formula is C21H22N4O6. The number of fused-ring (bicyclic) bond motifs is 1. The smallest absolute Gasteiger partial charge is 0.271 e. The number of hydrogen-bond acceptors (Lipinski definition) is 6. The minimum Gasteiger partial charge on any atom is -0.482 e. The summed E-state index contributed by atoms with van der Waals surface area (Å²) in [6.45, 7) is 4.74. The van der Waals surface area contributed by atoms with Crippen molar-refractivity contribution in [1.29, 1.82) is 0 Å². The number of rotatable bonds is 5. The molecule has 0 saturated carbocycles. The summed E-state index contributed by atoms with van der Waals surface area (Å²) in [5.74, 6) is -0.890. The van der Waals surface area contributed by atoms with Crippen molar-refractivity contribution in [2.75, 3.05) is 28.7 Å². The van der Waals surface area contributed by atoms with Crippen LogP contribution in [-0.2, 0) is 14.4 Å². The lowest BCUT2D eigenvalue weighted by Crippen LogP contribution is -2.43. The molecule has 2 aromatic carbocycles. The van der Waals surface area contributed by atoms with Crippen molar-refractivity contribution >= 4 is 40.5 Å². The van der Waals surface area contributed by atoms with Gasteiger partial charge in [-0.1, -0.05) is 26.8 Å². The Hall–Kier alpha value is -3.95. The van der Waals surface area contributed by atoms with Gasteiger partial charge < -0.3 is 15.4 Å². The fourth-order valence-corrected chi connectivity index (χ4v) is 2.81. The van der Waals surface area contributed by atoms with Crippen molar-refractivity contribution in [2.45, 2.75) is 20.8 Å². The highest BCUT2D eigenvalue weighted by Crippen LogP contribution is 2.35. The second-order valence-corrected chi connectivity index (χ2v) is 8.01. The first-order valence-electron chi connectivity index (χ1n) is 9.47. The number of nitro benzene ring substituents is 1. The lowest BCUT2D eigenvalue weighted by atomic mass is 9.95. The summed E-state index contributed by atoms with van der Waals surface area (Å²) in [5.41, 5.74) is 0.306. The number of anilines is 3. The van der Waals surface area contributed by atoms with Gasteiger partial charge in [-0.15, -0.1) is 0 Å². The average Bonchev–Trinajstić information content (AvgIpc) is 2.69. The molecule has 0 radical (unpaired) electrons. The zero-order chi connectivity index (χ0) is 22.8. The van der Waals surface area contributed by atoms with Crippen molar-refractivity contribution in [3.05, 3.63) is 52.6 Å². The van der Waals surface area contributed by atoms with E-state index < -0.39 is 22.2 Å². The zero-order valence-corrected chi connectivity index (χ0v) is 17.3. The number of nitrogens with zero attached hydrogens (tertiary/aromatic N) is 2. The molecule has 0 atom stereocenters. The first kappa shape index (κ1) is 21.8. The van der Waals surface area contributed by atoms with Crippen molar-refractivity contribution in [1.82, 2.24) is 0 Å². The van der Waals surface area contributed by atoms with E-state index in [2.05, 4.69) is 10.6 Å². The Morgan fingerprint density at radius 2 is 1.81 bits per heavy atom. The van der Waals surface area contributed by atoms with Crippen LogP contribution in [0.5, 0.6) is 5.75 Å². The summed E-state index contributed by atoms with van der Waals surface area (Å²) >= 11 is 0. The minimum atomic E-state index is -0.588. The summed E-state index contributed by atoms with van der Waals surface area (Å²) in [6.07, 6.45) is 0. The lowest BCUT2D eigenvalue weighted by molar-refractivity contribution is -0.384. The molecule has 0 fully saturated rings. The first-order valence-corrected chi connectivity index (χ1v) is 9.47. The molecule has 3 rings (SSSR count). The van der Waals surface area contributed by atoms with Gasteiger partial charge in [-0.25, -0.2) is 0 Å². The zero-order valence-electron chi connectivity index (χ0n) is 17.3. The maximum absolute atomic E-state index is 12.6. The molecule has 1 aliphatic heterocycles. The topological polar surface area (TPSA) is 131 Å². The molecule has 0 aromatic heterocycles. The summed E-state index contributed by atoms with van der Waals surface area (Å²) < 4.78 is 5.29. The molecule has 1 aliphatic rings. The van der Waals surface area contributed by atoms with Gasteiger partial charge in [0.1, 0.15) is 12.3 Å². The summed E-state index contributed by atoms with van der Waals surface area (Å²) in [4.78, 5) is 48.7. The number of carbonyl (C=O) groups excluding carboxylic acids is 3. The predicted octanol–water partition coefficient (Wildman–Crippen LogP) is 2.94. The number of amides is 3. The Bertz CT molecular complexity index is 1060. The third kappa shape index (κ3) is 5.16. The van der Waals surface area contributed by atoms with Crippen LogP contribution in [0, 0.1) is 15.5 Å². The standard InChI is InChI=1S/C21H22N4O6/c1-21(2,3)20(28)23-14-6-4-5-13(9-14)22-18(26)11-24-16-10-15(25(29)30)7-8-17(16)31-12-19(24)27/h4-10H,11-12H2,1-3H3,(H,22,26)(H,23,28). The third-order valence-corrected chi connectivity index (χ3v) is 4.48. The van der Waals surface area contributed by atoms with E-state index in [0.29, 0.717) is 11.4 Å². The van der Waals surface area contributed by atoms with Crippen LogP contribution >= 0.6 is 0 Å². The first-order chi connectivity index (χ1) is 14.5. The van der Waals surface area contributed by atoms with Gasteiger partial charge in [-0.05, 0) is 24.3 Å². The van der Waals surface area contributed by atoms with Crippen LogP contribution in [0.2, 0.25) is 0 Å². The quantitative estimate of drug-likeness (QED) is 0.558. The number of nitrogens with one attached hydrogen (secondary N) is 2. The van der Waals surface area contributed by atoms with Gasteiger partial charge in [0.2, 0.25) is 11.8 Å². The molecule has 162 valence electrons. The van der Waals surface area contributed by atoms with Crippen LogP contribution in [0.15, 0.2) is 42.5 Å². The fraction of sp³-hybridized carbons (Fsp3) is 0.286. The molecular weight excluding hydrogens is 404 g/mol. The van der Waals surface area contributed by atoms with Crippen LogP contribution in [-0.4, -0.2) is 35.8 Å². The van der Waals surface area contributed by atoms with E-state index in [9.17, 15) is 24.5 Å². The molecule has 0 spiro atoms.